The number of rotatable bonds is 2. The Bertz CT molecular complexity index is 295. The summed E-state index contributed by atoms with van der Waals surface area (Å²) in [7, 11) is 1.95. The second-order valence-electron chi connectivity index (χ2n) is 3.22. The first-order valence-corrected chi connectivity index (χ1v) is 4.31. The Morgan fingerprint density at radius 3 is 2.75 bits per heavy atom. The van der Waals surface area contributed by atoms with Gasteiger partial charge in [-0.15, -0.1) is 0 Å². The molecule has 1 rings (SSSR count). The average Bonchev–Trinajstić information content (AvgIpc) is 2.30. The van der Waals surface area contributed by atoms with Crippen LogP contribution in [0.3, 0.4) is 0 Å². The van der Waals surface area contributed by atoms with Crippen molar-refractivity contribution >= 4 is 6.08 Å². The molecule has 12 heavy (non-hydrogen) atoms. The van der Waals surface area contributed by atoms with Gasteiger partial charge in [0.1, 0.15) is 0 Å². The average molecular weight is 164 g/mol. The predicted octanol–water partition coefficient (Wildman–Crippen LogP) is 2.54. The Labute approximate surface area is 73.9 Å². The topological polar surface area (TPSA) is 17.8 Å². The van der Waals surface area contributed by atoms with Gasteiger partial charge in [-0.25, -0.2) is 0 Å². The molecule has 2 nitrogen and oxygen atoms in total. The van der Waals surface area contributed by atoms with Gasteiger partial charge in [0.15, 0.2) is 0 Å². The van der Waals surface area contributed by atoms with Gasteiger partial charge in [0.05, 0.1) is 5.69 Å². The number of aryl methyl sites for hydroxylation is 2. The number of hydrogen-bond donors (Lipinski definition) is 0. The zero-order valence-corrected chi connectivity index (χ0v) is 8.26. The summed E-state index contributed by atoms with van der Waals surface area (Å²) >= 11 is 0. The van der Waals surface area contributed by atoms with Gasteiger partial charge in [0, 0.05) is 13.2 Å². The third-order valence-electron chi connectivity index (χ3n) is 1.99. The van der Waals surface area contributed by atoms with Crippen molar-refractivity contribution in [3.05, 3.63) is 23.0 Å². The molecule has 0 saturated carbocycles. The molecule has 0 bridgehead atoms. The second-order valence-corrected chi connectivity index (χ2v) is 3.22. The SMILES string of the molecule is CC/C(C)=C\c1nn(C)cc1C. The van der Waals surface area contributed by atoms with E-state index in [4.69, 9.17) is 0 Å². The zero-order valence-electron chi connectivity index (χ0n) is 8.26. The quantitative estimate of drug-likeness (QED) is 0.656. The van der Waals surface area contributed by atoms with E-state index in [9.17, 15) is 0 Å². The number of hydrogen-bond acceptors (Lipinski definition) is 1. The molecule has 1 heterocycles. The molecule has 1 aromatic heterocycles. The molecule has 0 aromatic carbocycles. The fourth-order valence-electron chi connectivity index (χ4n) is 1.10. The summed E-state index contributed by atoms with van der Waals surface area (Å²) in [6.45, 7) is 6.38. The van der Waals surface area contributed by atoms with Gasteiger partial charge in [-0.1, -0.05) is 12.5 Å². The van der Waals surface area contributed by atoms with E-state index in [1.807, 2.05) is 17.9 Å². The van der Waals surface area contributed by atoms with Crippen LogP contribution in [0.5, 0.6) is 0 Å². The maximum Gasteiger partial charge on any atom is 0.0879 e. The smallest absolute Gasteiger partial charge is 0.0879 e. The molecule has 2 heteroatoms. The number of aromatic nitrogens is 2. The van der Waals surface area contributed by atoms with Crippen LogP contribution in [-0.2, 0) is 7.05 Å². The zero-order chi connectivity index (χ0) is 9.14. The summed E-state index contributed by atoms with van der Waals surface area (Å²) < 4.78 is 1.85. The molecule has 0 fully saturated rings. The normalized spacial score (nSPS) is 12.2. The van der Waals surface area contributed by atoms with Gasteiger partial charge in [0.25, 0.3) is 0 Å². The van der Waals surface area contributed by atoms with Crippen molar-refractivity contribution in [3.63, 3.8) is 0 Å². The fourth-order valence-corrected chi connectivity index (χ4v) is 1.10. The molecule has 0 aliphatic carbocycles. The molecule has 0 atom stereocenters. The molecule has 0 saturated heterocycles. The minimum atomic E-state index is 1.09. The summed E-state index contributed by atoms with van der Waals surface area (Å²) in [4.78, 5) is 0. The minimum absolute atomic E-state index is 1.09. The van der Waals surface area contributed by atoms with Crippen LogP contribution >= 0.6 is 0 Å². The van der Waals surface area contributed by atoms with Gasteiger partial charge >= 0.3 is 0 Å². The van der Waals surface area contributed by atoms with E-state index in [1.165, 1.54) is 11.1 Å². The number of nitrogens with zero attached hydrogens (tertiary/aromatic N) is 2. The molecule has 1 aromatic rings. The van der Waals surface area contributed by atoms with E-state index in [-0.39, 0.29) is 0 Å². The molecule has 0 amide bonds. The van der Waals surface area contributed by atoms with Crippen molar-refractivity contribution in [2.75, 3.05) is 0 Å². The molecule has 0 aliphatic rings. The van der Waals surface area contributed by atoms with Crippen LogP contribution in [0, 0.1) is 6.92 Å². The van der Waals surface area contributed by atoms with E-state index in [1.54, 1.807) is 0 Å². The summed E-state index contributed by atoms with van der Waals surface area (Å²) in [6, 6.07) is 0. The summed E-state index contributed by atoms with van der Waals surface area (Å²) in [5.74, 6) is 0. The first-order chi connectivity index (χ1) is 5.63. The van der Waals surface area contributed by atoms with Crippen molar-refractivity contribution in [2.24, 2.45) is 7.05 Å². The van der Waals surface area contributed by atoms with Crippen LogP contribution in [0.25, 0.3) is 6.08 Å². The molecule has 0 spiro atoms. The fraction of sp³-hybridized carbons (Fsp3) is 0.500. The standard InChI is InChI=1S/C10H16N2/c1-5-8(2)6-10-9(3)7-12(4)11-10/h6-7H,5H2,1-4H3/b8-6-. The first-order valence-electron chi connectivity index (χ1n) is 4.31. The molecule has 0 radical (unpaired) electrons. The molecular weight excluding hydrogens is 148 g/mol. The highest BCUT2D eigenvalue weighted by molar-refractivity contribution is 5.51. The maximum atomic E-state index is 4.34. The molecule has 0 N–H and O–H groups in total. The summed E-state index contributed by atoms with van der Waals surface area (Å²) in [6.07, 6.45) is 5.28. The lowest BCUT2D eigenvalue weighted by molar-refractivity contribution is 0.764. The highest BCUT2D eigenvalue weighted by Crippen LogP contribution is 2.10. The second kappa shape index (κ2) is 3.57. The Morgan fingerprint density at radius 2 is 2.33 bits per heavy atom. The van der Waals surface area contributed by atoms with Crippen molar-refractivity contribution in [3.8, 4) is 0 Å². The van der Waals surface area contributed by atoms with Crippen LogP contribution in [0.1, 0.15) is 31.5 Å². The van der Waals surface area contributed by atoms with Crippen LogP contribution in [-0.4, -0.2) is 9.78 Å². The van der Waals surface area contributed by atoms with Gasteiger partial charge in [0.2, 0.25) is 0 Å². The third-order valence-corrected chi connectivity index (χ3v) is 1.99. The van der Waals surface area contributed by atoms with Gasteiger partial charge in [-0.05, 0) is 31.9 Å². The number of allylic oxidation sites excluding steroid dienone is 1. The Morgan fingerprint density at radius 1 is 1.67 bits per heavy atom. The van der Waals surface area contributed by atoms with E-state index in [0.717, 1.165) is 12.1 Å². The lowest BCUT2D eigenvalue weighted by Gasteiger charge is -1.93. The van der Waals surface area contributed by atoms with Crippen molar-refractivity contribution in [2.45, 2.75) is 27.2 Å². The van der Waals surface area contributed by atoms with Crippen molar-refractivity contribution in [1.29, 1.82) is 0 Å². The molecule has 66 valence electrons. The lowest BCUT2D eigenvalue weighted by Crippen LogP contribution is -1.87. The van der Waals surface area contributed by atoms with Gasteiger partial charge in [-0.3, -0.25) is 4.68 Å². The Balaban J connectivity index is 2.95. The van der Waals surface area contributed by atoms with Crippen LogP contribution in [0.4, 0.5) is 0 Å². The van der Waals surface area contributed by atoms with Crippen molar-refractivity contribution < 1.29 is 0 Å². The summed E-state index contributed by atoms with van der Waals surface area (Å²) in [5, 5.41) is 4.34. The maximum absolute atomic E-state index is 4.34. The predicted molar refractivity (Wildman–Crippen MR) is 51.9 cm³/mol. The largest absolute Gasteiger partial charge is 0.275 e. The third kappa shape index (κ3) is 1.97. The summed E-state index contributed by atoms with van der Waals surface area (Å²) in [5.41, 5.74) is 3.71. The highest BCUT2D eigenvalue weighted by atomic mass is 15.2. The van der Waals surface area contributed by atoms with E-state index >= 15 is 0 Å². The monoisotopic (exact) mass is 164 g/mol. The molecule has 0 unspecified atom stereocenters. The lowest BCUT2D eigenvalue weighted by atomic mass is 10.1. The molecular formula is C10H16N2. The Kier molecular flexibility index (Phi) is 2.69. The molecule has 0 aliphatic heterocycles. The van der Waals surface area contributed by atoms with Crippen LogP contribution in [0.2, 0.25) is 0 Å². The van der Waals surface area contributed by atoms with Gasteiger partial charge in [-0.2, -0.15) is 5.10 Å². The Hall–Kier alpha value is -1.05. The van der Waals surface area contributed by atoms with E-state index in [2.05, 4.69) is 31.9 Å². The van der Waals surface area contributed by atoms with Crippen LogP contribution < -0.4 is 0 Å². The highest BCUT2D eigenvalue weighted by Gasteiger charge is 1.98. The first kappa shape index (κ1) is 9.04. The van der Waals surface area contributed by atoms with Crippen molar-refractivity contribution in [1.82, 2.24) is 9.78 Å². The van der Waals surface area contributed by atoms with E-state index in [0.29, 0.717) is 0 Å². The van der Waals surface area contributed by atoms with Crippen LogP contribution in [0.15, 0.2) is 11.8 Å². The van der Waals surface area contributed by atoms with Gasteiger partial charge < -0.3 is 0 Å². The minimum Gasteiger partial charge on any atom is -0.275 e. The van der Waals surface area contributed by atoms with E-state index < -0.39 is 0 Å².